The number of carbonyl (C=O) groups is 1. The lowest BCUT2D eigenvalue weighted by Gasteiger charge is -2.04. The second kappa shape index (κ2) is 4.44. The lowest BCUT2D eigenvalue weighted by atomic mass is 10.3. The normalized spacial score (nSPS) is 10.2. The number of rotatable bonds is 2. The van der Waals surface area contributed by atoms with Gasteiger partial charge in [-0.3, -0.25) is 0 Å². The number of halogens is 1. The van der Waals surface area contributed by atoms with Crippen LogP contribution < -0.4 is 9.92 Å². The Morgan fingerprint density at radius 2 is 1.85 bits per heavy atom. The third kappa shape index (κ3) is 3.20. The largest absolute Gasteiger partial charge is 0.415 e. The zero-order valence-electron chi connectivity index (χ0n) is 7.50. The van der Waals surface area contributed by atoms with Crippen LogP contribution in [0.3, 0.4) is 0 Å². The fraction of sp³-hybridized carbons (Fsp3) is 0.222. The van der Waals surface area contributed by atoms with E-state index in [1.165, 1.54) is 5.19 Å². The van der Waals surface area contributed by atoms with Gasteiger partial charge in [-0.25, -0.2) is 4.79 Å². The van der Waals surface area contributed by atoms with E-state index in [-0.39, 0.29) is 0 Å². The molecule has 0 saturated carbocycles. The first-order valence-corrected chi connectivity index (χ1v) is 6.75. The number of ether oxygens (including phenoxy) is 1. The molecule has 0 atom stereocenters. The Labute approximate surface area is 84.1 Å². The van der Waals surface area contributed by atoms with Crippen molar-refractivity contribution in [2.75, 3.05) is 0 Å². The summed E-state index contributed by atoms with van der Waals surface area (Å²) in [7, 11) is -0.430. The second-order valence-corrected chi connectivity index (χ2v) is 5.75. The van der Waals surface area contributed by atoms with Crippen molar-refractivity contribution in [1.82, 2.24) is 0 Å². The van der Waals surface area contributed by atoms with Gasteiger partial charge in [0.2, 0.25) is 0 Å². The van der Waals surface area contributed by atoms with Gasteiger partial charge in [-0.05, 0) is 12.1 Å². The summed E-state index contributed by atoms with van der Waals surface area (Å²) in [5.41, 5.74) is -0.800. The maximum absolute atomic E-state index is 10.4. The summed E-state index contributed by atoms with van der Waals surface area (Å²) in [5, 5.41) is 1.30. The molecule has 13 heavy (non-hydrogen) atoms. The van der Waals surface area contributed by atoms with Crippen LogP contribution in [0, 0.1) is 0 Å². The minimum Gasteiger partial charge on any atom is -0.415 e. The molecule has 0 amide bonds. The molecule has 4 heteroatoms. The Bertz CT molecular complexity index is 295. The topological polar surface area (TPSA) is 26.3 Å². The SMILES string of the molecule is C[Si](C)c1ccc(OC(=O)Cl)cc1. The van der Waals surface area contributed by atoms with E-state index in [0.29, 0.717) is 5.75 Å². The first kappa shape index (κ1) is 10.3. The van der Waals surface area contributed by atoms with E-state index < -0.39 is 14.2 Å². The highest BCUT2D eigenvalue weighted by Crippen LogP contribution is 2.09. The minimum absolute atomic E-state index is 0.430. The Morgan fingerprint density at radius 1 is 1.31 bits per heavy atom. The number of benzene rings is 1. The molecule has 0 saturated heterocycles. The molecule has 1 rings (SSSR count). The first-order valence-electron chi connectivity index (χ1n) is 3.87. The minimum atomic E-state index is -0.800. The summed E-state index contributed by atoms with van der Waals surface area (Å²) in [6.07, 6.45) is 0. The van der Waals surface area contributed by atoms with E-state index in [9.17, 15) is 4.79 Å². The van der Waals surface area contributed by atoms with Crippen LogP contribution >= 0.6 is 11.6 Å². The van der Waals surface area contributed by atoms with Crippen molar-refractivity contribution in [1.29, 1.82) is 0 Å². The molecule has 69 valence electrons. The Balaban J connectivity index is 2.75. The number of hydrogen-bond donors (Lipinski definition) is 0. The van der Waals surface area contributed by atoms with Crippen LogP contribution in [0.1, 0.15) is 0 Å². The van der Waals surface area contributed by atoms with Crippen LogP contribution in [0.15, 0.2) is 24.3 Å². The average Bonchev–Trinajstić information content (AvgIpc) is 2.04. The molecular weight excluding hydrogens is 204 g/mol. The van der Waals surface area contributed by atoms with Crippen LogP contribution in [0.4, 0.5) is 4.79 Å². The van der Waals surface area contributed by atoms with E-state index in [1.807, 2.05) is 12.1 Å². The van der Waals surface area contributed by atoms with E-state index >= 15 is 0 Å². The highest BCUT2D eigenvalue weighted by atomic mass is 35.5. The van der Waals surface area contributed by atoms with Crippen molar-refractivity contribution in [3.63, 3.8) is 0 Å². The Kier molecular flexibility index (Phi) is 3.51. The summed E-state index contributed by atoms with van der Waals surface area (Å²) in [6.45, 7) is 4.40. The maximum Gasteiger partial charge on any atom is 0.409 e. The van der Waals surface area contributed by atoms with Gasteiger partial charge in [0.25, 0.3) is 0 Å². The highest BCUT2D eigenvalue weighted by Gasteiger charge is 2.02. The quantitative estimate of drug-likeness (QED) is 0.557. The molecule has 0 N–H and O–H groups in total. The first-order chi connectivity index (χ1) is 6.09. The molecule has 0 aliphatic rings. The lowest BCUT2D eigenvalue weighted by molar-refractivity contribution is 0.225. The summed E-state index contributed by atoms with van der Waals surface area (Å²) < 4.78 is 4.69. The van der Waals surface area contributed by atoms with Crippen molar-refractivity contribution >= 4 is 31.0 Å². The Hall–Kier alpha value is -0.803. The van der Waals surface area contributed by atoms with Crippen molar-refractivity contribution in [3.8, 4) is 5.75 Å². The van der Waals surface area contributed by atoms with Crippen LogP contribution in [0.2, 0.25) is 13.1 Å². The predicted octanol–water partition coefficient (Wildman–Crippen LogP) is 2.39. The van der Waals surface area contributed by atoms with Gasteiger partial charge < -0.3 is 4.74 Å². The van der Waals surface area contributed by atoms with Crippen molar-refractivity contribution in [2.24, 2.45) is 0 Å². The van der Waals surface area contributed by atoms with E-state index in [0.717, 1.165) is 0 Å². The van der Waals surface area contributed by atoms with Crippen LogP contribution in [0.25, 0.3) is 0 Å². The van der Waals surface area contributed by atoms with Crippen molar-refractivity contribution in [3.05, 3.63) is 24.3 Å². The summed E-state index contributed by atoms with van der Waals surface area (Å²) in [5.74, 6) is 0.493. The fourth-order valence-corrected chi connectivity index (χ4v) is 1.87. The Morgan fingerprint density at radius 3 is 2.23 bits per heavy atom. The smallest absolute Gasteiger partial charge is 0.409 e. The zero-order valence-corrected chi connectivity index (χ0v) is 9.26. The van der Waals surface area contributed by atoms with Crippen molar-refractivity contribution < 1.29 is 9.53 Å². The maximum atomic E-state index is 10.4. The number of carbonyl (C=O) groups excluding carboxylic acids is 1. The zero-order chi connectivity index (χ0) is 9.84. The van der Waals surface area contributed by atoms with Gasteiger partial charge in [0.1, 0.15) is 5.75 Å². The van der Waals surface area contributed by atoms with Crippen LogP contribution in [0.5, 0.6) is 5.75 Å². The third-order valence-electron chi connectivity index (χ3n) is 1.63. The standard InChI is InChI=1S/C9H10ClO2Si/c1-13(2)8-5-3-7(4-6-8)12-9(10)11/h3-6H,1-2H3. The molecule has 0 aromatic heterocycles. The molecule has 0 spiro atoms. The third-order valence-corrected chi connectivity index (χ3v) is 3.19. The molecule has 0 aliphatic carbocycles. The monoisotopic (exact) mass is 213 g/mol. The van der Waals surface area contributed by atoms with Gasteiger partial charge in [-0.2, -0.15) is 0 Å². The molecule has 1 aromatic carbocycles. The van der Waals surface area contributed by atoms with Gasteiger partial charge in [-0.15, -0.1) is 0 Å². The molecule has 1 radical (unpaired) electrons. The molecule has 0 heterocycles. The second-order valence-electron chi connectivity index (χ2n) is 2.86. The predicted molar refractivity (Wildman–Crippen MR) is 55.4 cm³/mol. The fourth-order valence-electron chi connectivity index (χ4n) is 0.949. The molecule has 0 aliphatic heterocycles. The molecule has 0 bridgehead atoms. The highest BCUT2D eigenvalue weighted by molar-refractivity contribution is 6.70. The van der Waals surface area contributed by atoms with E-state index in [4.69, 9.17) is 11.6 Å². The van der Waals surface area contributed by atoms with Gasteiger partial charge >= 0.3 is 5.43 Å². The lowest BCUT2D eigenvalue weighted by Crippen LogP contribution is -2.21. The molecule has 0 unspecified atom stereocenters. The summed E-state index contributed by atoms with van der Waals surface area (Å²) in [4.78, 5) is 10.4. The van der Waals surface area contributed by atoms with Gasteiger partial charge in [0.05, 0.1) is 8.80 Å². The van der Waals surface area contributed by atoms with Gasteiger partial charge in [0, 0.05) is 11.6 Å². The van der Waals surface area contributed by atoms with Crippen molar-refractivity contribution in [2.45, 2.75) is 13.1 Å². The van der Waals surface area contributed by atoms with E-state index in [2.05, 4.69) is 17.8 Å². The van der Waals surface area contributed by atoms with E-state index in [1.54, 1.807) is 12.1 Å². The molecule has 0 fully saturated rings. The molecule has 1 aromatic rings. The summed E-state index contributed by atoms with van der Waals surface area (Å²) >= 11 is 5.06. The molecular formula is C9H10ClO2Si. The average molecular weight is 214 g/mol. The van der Waals surface area contributed by atoms with Crippen LogP contribution in [-0.4, -0.2) is 14.2 Å². The van der Waals surface area contributed by atoms with Gasteiger partial charge in [-0.1, -0.05) is 30.4 Å². The number of hydrogen-bond acceptors (Lipinski definition) is 2. The van der Waals surface area contributed by atoms with Gasteiger partial charge in [0.15, 0.2) is 0 Å². The van der Waals surface area contributed by atoms with Crippen LogP contribution in [-0.2, 0) is 0 Å². The molecule has 2 nitrogen and oxygen atoms in total. The summed E-state index contributed by atoms with van der Waals surface area (Å²) in [6, 6.07) is 7.44.